The molecular weight excluding hydrogens is 1820 g/mol. The van der Waals surface area contributed by atoms with Crippen molar-refractivity contribution in [2.45, 2.75) is 201 Å². The Morgan fingerprint density at radius 1 is 0.400 bits per heavy atom. The lowest BCUT2D eigenvalue weighted by Gasteiger charge is -2.42. The van der Waals surface area contributed by atoms with Gasteiger partial charge < -0.3 is 93.4 Å². The van der Waals surface area contributed by atoms with E-state index in [1.165, 1.54) is 23.5 Å². The van der Waals surface area contributed by atoms with E-state index in [2.05, 4.69) is 129 Å². The Hall–Kier alpha value is -8.02. The van der Waals surface area contributed by atoms with Crippen LogP contribution in [0.2, 0.25) is 30.1 Å². The maximum atomic E-state index is 9.98. The molecule has 0 saturated carbocycles. The zero-order valence-corrected chi connectivity index (χ0v) is 79.9. The number of anilines is 6. The van der Waals surface area contributed by atoms with Crippen molar-refractivity contribution < 1.29 is 39.4 Å². The molecule has 40 heteroatoms. The summed E-state index contributed by atoms with van der Waals surface area (Å²) in [5, 5.41) is 68.7. The highest BCUT2D eigenvalue weighted by atomic mass is 35.5. The fourth-order valence-electron chi connectivity index (χ4n) is 20.2. The predicted octanol–water partition coefficient (Wildman–Crippen LogP) is 13.0. The van der Waals surface area contributed by atoms with Crippen molar-refractivity contribution in [3.63, 3.8) is 0 Å². The van der Waals surface area contributed by atoms with Crippen LogP contribution in [-0.2, 0) is 45.4 Å². The van der Waals surface area contributed by atoms with Crippen LogP contribution in [0, 0.1) is 49.4 Å². The molecule has 0 amide bonds. The summed E-state index contributed by atoms with van der Waals surface area (Å²) in [5.74, 6) is 6.10. The molecule has 18 heterocycles. The number of hydrogen-bond acceptors (Lipinski definition) is 30. The molecule has 8 fully saturated rings. The lowest BCUT2D eigenvalue weighted by molar-refractivity contribution is 0.0973. The number of rotatable bonds is 14. The molecule has 32 nitrogen and oxygen atoms in total. The molecule has 0 radical (unpaired) electrons. The van der Waals surface area contributed by atoms with E-state index in [1.807, 2.05) is 75.0 Å². The van der Waals surface area contributed by atoms with Crippen molar-refractivity contribution in [2.75, 3.05) is 110 Å². The average Bonchev–Trinajstić information content (AvgIpc) is 1.56. The van der Waals surface area contributed by atoms with Gasteiger partial charge in [0.1, 0.15) is 61.3 Å². The maximum Gasteiger partial charge on any atom is 0.177 e. The molecule has 0 bridgehead atoms. The zero-order valence-electron chi connectivity index (χ0n) is 73.7. The monoisotopic (exact) mass is 1930 g/mol. The van der Waals surface area contributed by atoms with Crippen LogP contribution in [0.15, 0.2) is 105 Å². The predicted molar refractivity (Wildman–Crippen MR) is 510 cm³/mol. The summed E-state index contributed by atoms with van der Waals surface area (Å²) < 4.78 is 31.0. The number of aromatic nitrogens is 14. The van der Waals surface area contributed by atoms with Gasteiger partial charge in [-0.2, -0.15) is 9.03 Å². The summed E-state index contributed by atoms with van der Waals surface area (Å²) in [6.45, 7) is 25.2. The first-order valence-corrected chi connectivity index (χ1v) is 47.8. The molecule has 16 N–H and O–H groups in total. The molecule has 8 aliphatic heterocycles. The summed E-state index contributed by atoms with van der Waals surface area (Å²) in [5.41, 5.74) is 48.0. The van der Waals surface area contributed by atoms with Crippen molar-refractivity contribution in [3.8, 4) is 22.3 Å². The minimum Gasteiger partial charge on any atom is -0.388 e. The number of benzene rings is 2. The number of nitrogens with zero attached hydrogens (tertiary/aromatic N) is 18. The standard InChI is InChI=1S/C23H27Cl2N5O2S.C23H27Cl2N5O2.C22H28ClN7O2S.C22H28ClN7O2/c1-13-10-18(29-8-6-23(7-9-29)12-32-14(2)21(23)26)30-22(27-17(11-31)28-30)20(13)33-16-5-3-4-15(24)19(16)25;1-13-10-18(29-8-6-23(7-9-29)12-32-14(2)21(23)26)30-22(27-17(11-31)28-30)19(13)15-4-3-5-16(24)20(15)25;1-12-9-16(29-7-4-22(5-8-29)11-32-13(2)19(22)24)30-15(10-31)27-28-21(30)18(12)33-14-3-6-26-20(25)17(14)23;1-12-9-16(29-7-4-22(5-8-29)11-32-13(2)19(22)24)30-15(10-31)27-28-21(30)17(12)14-3-6-26-20(25)18(14)23/h3-5,10,14,21,31H,6-9,11-12,26H2,1-2H3;3-5,10,14,21,31H,6-9,11-12,26H2,1-2H3;3,6,9,13,19,31H,4-5,7-8,10-11,24H2,1-2H3,(H2,25,26);3,6,9,13,19,31H,4-5,7-8,10-11,24H2,1-2H3,(H2,25,26)/t2*14-,21+;2*13-,19+/m0000/s1. The molecule has 130 heavy (non-hydrogen) atoms. The van der Waals surface area contributed by atoms with Gasteiger partial charge in [0.05, 0.1) is 90.8 Å². The number of aryl methyl sites for hydroxylation is 4. The van der Waals surface area contributed by atoms with Crippen LogP contribution < -0.4 is 54.0 Å². The third kappa shape index (κ3) is 17.2. The van der Waals surface area contributed by atoms with E-state index in [0.717, 1.165) is 211 Å². The number of nitrogens with two attached hydrogens (primary N) is 6. The molecule has 10 aromatic heterocycles. The summed E-state index contributed by atoms with van der Waals surface area (Å²) in [6, 6.07) is 23.5. The first-order chi connectivity index (χ1) is 62.4. The molecule has 12 aromatic rings. The Balaban J connectivity index is 0.000000121. The molecule has 2 aromatic carbocycles. The van der Waals surface area contributed by atoms with Crippen molar-refractivity contribution >= 4 is 151 Å². The van der Waals surface area contributed by atoms with Crippen LogP contribution >= 0.6 is 93.1 Å². The Bertz CT molecular complexity index is 6080. The third-order valence-corrected chi connectivity index (χ3v) is 33.5. The third-order valence-electron chi connectivity index (χ3n) is 28.3. The average molecular weight is 1930 g/mol. The number of fused-ring (bicyclic) bond motifs is 4. The van der Waals surface area contributed by atoms with Gasteiger partial charge in [0, 0.05) is 143 Å². The van der Waals surface area contributed by atoms with Crippen molar-refractivity contribution in [1.29, 1.82) is 0 Å². The quantitative estimate of drug-likeness (QED) is 0.0483. The zero-order chi connectivity index (χ0) is 91.9. The van der Waals surface area contributed by atoms with Gasteiger partial charge in [-0.1, -0.05) is 111 Å². The van der Waals surface area contributed by atoms with Gasteiger partial charge in [-0.3, -0.25) is 8.80 Å². The fourth-order valence-corrected chi connectivity index (χ4v) is 23.5. The Labute approximate surface area is 791 Å². The Kier molecular flexibility index (Phi) is 27.4. The molecule has 0 aliphatic carbocycles. The van der Waals surface area contributed by atoms with Crippen LogP contribution in [0.25, 0.3) is 44.8 Å². The second-order valence-corrected chi connectivity index (χ2v) is 40.3. The van der Waals surface area contributed by atoms with Crippen LogP contribution in [0.1, 0.15) is 125 Å². The van der Waals surface area contributed by atoms with Gasteiger partial charge in [0.25, 0.3) is 0 Å². The van der Waals surface area contributed by atoms with Crippen molar-refractivity contribution in [2.24, 2.45) is 44.6 Å². The van der Waals surface area contributed by atoms with E-state index in [-0.39, 0.29) is 108 Å². The molecule has 4 spiro atoms. The van der Waals surface area contributed by atoms with Crippen LogP contribution in [0.5, 0.6) is 0 Å². The number of aliphatic hydroxyl groups excluding tert-OH is 4. The largest absolute Gasteiger partial charge is 0.388 e. The minimum atomic E-state index is -0.240. The van der Waals surface area contributed by atoms with Crippen LogP contribution in [-0.4, -0.2) is 216 Å². The van der Waals surface area contributed by atoms with Crippen molar-refractivity contribution in [3.05, 3.63) is 161 Å². The van der Waals surface area contributed by atoms with Gasteiger partial charge in [-0.05, 0) is 184 Å². The second kappa shape index (κ2) is 38.0. The number of hydrogen-bond donors (Lipinski definition) is 10. The molecule has 8 saturated heterocycles. The van der Waals surface area contributed by atoms with Gasteiger partial charge >= 0.3 is 0 Å². The highest BCUT2D eigenvalue weighted by Crippen LogP contribution is 2.51. The van der Waals surface area contributed by atoms with E-state index >= 15 is 0 Å². The Morgan fingerprint density at radius 3 is 1.20 bits per heavy atom. The molecule has 692 valence electrons. The number of pyridine rings is 6. The summed E-state index contributed by atoms with van der Waals surface area (Å²) in [6.07, 6.45) is 11.3. The normalized spacial score (nSPS) is 22.7. The van der Waals surface area contributed by atoms with Gasteiger partial charge in [0.15, 0.2) is 45.9 Å². The highest BCUT2D eigenvalue weighted by Gasteiger charge is 2.52. The van der Waals surface area contributed by atoms with E-state index in [1.54, 1.807) is 24.5 Å². The number of aliphatic hydroxyl groups is 4. The molecule has 8 atom stereocenters. The number of piperidine rings is 4. The number of nitrogen functional groups attached to an aromatic ring is 2. The second-order valence-electron chi connectivity index (χ2n) is 35.8. The van der Waals surface area contributed by atoms with E-state index in [9.17, 15) is 20.4 Å². The smallest absolute Gasteiger partial charge is 0.177 e. The van der Waals surface area contributed by atoms with Gasteiger partial charge in [-0.15, -0.1) is 30.6 Å². The summed E-state index contributed by atoms with van der Waals surface area (Å²) >= 11 is 41.4. The first kappa shape index (κ1) is 93.8. The van der Waals surface area contributed by atoms with Gasteiger partial charge in [-0.25, -0.2) is 19.9 Å². The fraction of sp³-hybridized carbons (Fsp3) is 0.489. The van der Waals surface area contributed by atoms with E-state index < -0.39 is 0 Å². The minimum absolute atomic E-state index is 0.0269. The summed E-state index contributed by atoms with van der Waals surface area (Å²) in [7, 11) is 0. The molecule has 20 rings (SSSR count). The van der Waals surface area contributed by atoms with Crippen molar-refractivity contribution in [1.82, 2.24) is 68.4 Å². The topological polar surface area (TPSA) is 433 Å². The lowest BCUT2D eigenvalue weighted by Crippen LogP contribution is -2.51. The van der Waals surface area contributed by atoms with E-state index in [4.69, 9.17) is 123 Å². The van der Waals surface area contributed by atoms with Crippen LogP contribution in [0.3, 0.4) is 0 Å². The number of ether oxygens (including phenoxy) is 4. The Morgan fingerprint density at radius 2 is 0.754 bits per heavy atom. The molecule has 0 unspecified atom stereocenters. The first-order valence-electron chi connectivity index (χ1n) is 43.9. The number of halogens is 6. The molecule has 8 aliphatic rings. The SMILES string of the molecule is Cc1cc(N2CCC3(CC2)CO[C@@H](C)[C@H]3N)n2c(CO)nnc2c1-c1ccnc(N)c1Cl.Cc1cc(N2CCC3(CC2)CO[C@@H](C)[C@H]3N)n2c(CO)nnc2c1Sc1ccnc(N)c1Cl.Cc1cc(N2CCC3(CC2)CO[C@@H](C)[C@H]3N)n2nc(CO)nc2c1-c1cccc(Cl)c1Cl.Cc1cc(N2CCC3(CC2)CO[C@@H](C)[C@H]3N)n2nc(CO)nc2c1Sc1cccc(Cl)c1Cl. The lowest BCUT2D eigenvalue weighted by atomic mass is 9.73. The summed E-state index contributed by atoms with van der Waals surface area (Å²) in [4.78, 5) is 30.1. The van der Waals surface area contributed by atoms with Crippen LogP contribution in [0.4, 0.5) is 34.9 Å². The molecular formula is C90H110Cl6N24O8S2. The highest BCUT2D eigenvalue weighted by molar-refractivity contribution is 8.00. The maximum absolute atomic E-state index is 9.98. The van der Waals surface area contributed by atoms with E-state index in [0.29, 0.717) is 82.6 Å². The van der Waals surface area contributed by atoms with Gasteiger partial charge in [0.2, 0.25) is 0 Å².